The maximum atomic E-state index is 10.6. The summed E-state index contributed by atoms with van der Waals surface area (Å²) in [6.07, 6.45) is 4.25. The highest BCUT2D eigenvalue weighted by atomic mass is 35.5. The predicted octanol–water partition coefficient (Wildman–Crippen LogP) is 3.27. The molecule has 0 atom stereocenters. The molecule has 0 spiro atoms. The summed E-state index contributed by atoms with van der Waals surface area (Å²) in [5.74, 6) is 1.01. The minimum atomic E-state index is 0.321. The van der Waals surface area contributed by atoms with Crippen molar-refractivity contribution in [2.75, 3.05) is 5.75 Å². The van der Waals surface area contributed by atoms with Gasteiger partial charge >= 0.3 is 0 Å². The molecule has 110 valence electrons. The standard InChI is InChI=1S/C15H11ClN4OS/c16-12-1-3-13(4-2-12)20-14(11-5-7-17-8-6-11)18-19-15(20)22-10-9-21/h1-9H,10H2. The molecule has 0 fully saturated rings. The van der Waals surface area contributed by atoms with E-state index < -0.39 is 0 Å². The van der Waals surface area contributed by atoms with Crippen molar-refractivity contribution < 1.29 is 4.79 Å². The Bertz CT molecular complexity index is 774. The average molecular weight is 331 g/mol. The molecule has 0 unspecified atom stereocenters. The van der Waals surface area contributed by atoms with Crippen LogP contribution in [0.4, 0.5) is 0 Å². The largest absolute Gasteiger partial charge is 0.302 e. The molecule has 0 saturated heterocycles. The number of thioether (sulfide) groups is 1. The Morgan fingerprint density at radius 2 is 1.82 bits per heavy atom. The van der Waals surface area contributed by atoms with Crippen molar-refractivity contribution in [3.8, 4) is 17.1 Å². The van der Waals surface area contributed by atoms with Gasteiger partial charge in [-0.3, -0.25) is 9.55 Å². The summed E-state index contributed by atoms with van der Waals surface area (Å²) in [5.41, 5.74) is 1.78. The quantitative estimate of drug-likeness (QED) is 0.530. The van der Waals surface area contributed by atoms with Gasteiger partial charge in [0.2, 0.25) is 0 Å². The summed E-state index contributed by atoms with van der Waals surface area (Å²) < 4.78 is 1.90. The van der Waals surface area contributed by atoms with E-state index in [1.165, 1.54) is 11.8 Å². The van der Waals surface area contributed by atoms with Crippen LogP contribution in [0.2, 0.25) is 5.02 Å². The van der Waals surface area contributed by atoms with Crippen molar-refractivity contribution in [3.05, 3.63) is 53.8 Å². The number of rotatable bonds is 5. The maximum absolute atomic E-state index is 10.6. The first-order chi connectivity index (χ1) is 10.8. The SMILES string of the molecule is O=CCSc1nnc(-c2ccncc2)n1-c1ccc(Cl)cc1. The highest BCUT2D eigenvalue weighted by molar-refractivity contribution is 7.99. The van der Waals surface area contributed by atoms with E-state index in [4.69, 9.17) is 11.6 Å². The van der Waals surface area contributed by atoms with E-state index in [0.29, 0.717) is 21.8 Å². The normalized spacial score (nSPS) is 10.6. The van der Waals surface area contributed by atoms with Crippen molar-refractivity contribution >= 4 is 29.6 Å². The Labute approximate surface area is 136 Å². The number of hydrogen-bond donors (Lipinski definition) is 0. The van der Waals surface area contributed by atoms with Crippen LogP contribution in [-0.2, 0) is 4.79 Å². The summed E-state index contributed by atoms with van der Waals surface area (Å²) >= 11 is 7.29. The molecule has 2 aromatic heterocycles. The van der Waals surface area contributed by atoms with Gasteiger partial charge in [0, 0.05) is 28.7 Å². The van der Waals surface area contributed by atoms with Crippen LogP contribution in [-0.4, -0.2) is 31.8 Å². The van der Waals surface area contributed by atoms with Gasteiger partial charge < -0.3 is 4.79 Å². The molecule has 3 rings (SSSR count). The van der Waals surface area contributed by atoms with Crippen molar-refractivity contribution in [1.29, 1.82) is 0 Å². The van der Waals surface area contributed by atoms with Gasteiger partial charge in [-0.2, -0.15) is 0 Å². The molecule has 0 N–H and O–H groups in total. The summed E-state index contributed by atoms with van der Waals surface area (Å²) in [5, 5.41) is 9.76. The first-order valence-electron chi connectivity index (χ1n) is 6.48. The summed E-state index contributed by atoms with van der Waals surface area (Å²) in [6, 6.07) is 11.1. The van der Waals surface area contributed by atoms with Gasteiger partial charge in [-0.05, 0) is 36.4 Å². The monoisotopic (exact) mass is 330 g/mol. The number of nitrogens with zero attached hydrogens (tertiary/aromatic N) is 4. The highest BCUT2D eigenvalue weighted by Gasteiger charge is 2.15. The average Bonchev–Trinajstić information content (AvgIpc) is 2.98. The number of aromatic nitrogens is 4. The number of hydrogen-bond acceptors (Lipinski definition) is 5. The van der Waals surface area contributed by atoms with Crippen molar-refractivity contribution in [2.45, 2.75) is 5.16 Å². The van der Waals surface area contributed by atoms with Crippen LogP contribution in [0.5, 0.6) is 0 Å². The van der Waals surface area contributed by atoms with Gasteiger partial charge in [-0.25, -0.2) is 0 Å². The Balaban J connectivity index is 2.13. The predicted molar refractivity (Wildman–Crippen MR) is 86.4 cm³/mol. The molecule has 7 heteroatoms. The molecule has 0 amide bonds. The molecular weight excluding hydrogens is 320 g/mol. The van der Waals surface area contributed by atoms with Crippen molar-refractivity contribution in [2.24, 2.45) is 0 Å². The first-order valence-corrected chi connectivity index (χ1v) is 7.84. The van der Waals surface area contributed by atoms with Crippen LogP contribution in [0, 0.1) is 0 Å². The summed E-state index contributed by atoms with van der Waals surface area (Å²) in [6.45, 7) is 0. The number of carbonyl (C=O) groups excluding carboxylic acids is 1. The smallest absolute Gasteiger partial charge is 0.196 e. The van der Waals surface area contributed by atoms with E-state index in [1.54, 1.807) is 24.5 Å². The Kier molecular flexibility index (Phi) is 4.50. The Hall–Kier alpha value is -2.18. The van der Waals surface area contributed by atoms with Crippen LogP contribution >= 0.6 is 23.4 Å². The number of carbonyl (C=O) groups is 1. The number of aldehydes is 1. The van der Waals surface area contributed by atoms with Crippen LogP contribution in [0.25, 0.3) is 17.1 Å². The maximum Gasteiger partial charge on any atom is 0.196 e. The van der Waals surface area contributed by atoms with Crippen LogP contribution < -0.4 is 0 Å². The van der Waals surface area contributed by atoms with Gasteiger partial charge in [-0.15, -0.1) is 10.2 Å². The molecule has 1 aromatic carbocycles. The zero-order valence-electron chi connectivity index (χ0n) is 11.4. The Morgan fingerprint density at radius 1 is 1.09 bits per heavy atom. The van der Waals surface area contributed by atoms with Gasteiger partial charge in [-0.1, -0.05) is 23.4 Å². The second-order valence-corrected chi connectivity index (χ2v) is 5.76. The van der Waals surface area contributed by atoms with Crippen LogP contribution in [0.1, 0.15) is 0 Å². The zero-order valence-corrected chi connectivity index (χ0v) is 13.0. The lowest BCUT2D eigenvalue weighted by atomic mass is 10.2. The molecule has 0 saturated carbocycles. The van der Waals surface area contributed by atoms with Gasteiger partial charge in [0.25, 0.3) is 0 Å². The molecular formula is C15H11ClN4OS. The second-order valence-electron chi connectivity index (χ2n) is 4.33. The first kappa shape index (κ1) is 14.7. The number of pyridine rings is 1. The van der Waals surface area contributed by atoms with Gasteiger partial charge in [0.1, 0.15) is 6.29 Å². The fraction of sp³-hybridized carbons (Fsp3) is 0.0667. The fourth-order valence-electron chi connectivity index (χ4n) is 1.98. The third-order valence-electron chi connectivity index (χ3n) is 2.94. The van der Waals surface area contributed by atoms with E-state index in [0.717, 1.165) is 17.5 Å². The molecule has 0 aliphatic rings. The molecule has 0 radical (unpaired) electrons. The molecule has 22 heavy (non-hydrogen) atoms. The lowest BCUT2D eigenvalue weighted by molar-refractivity contribution is -0.105. The van der Waals surface area contributed by atoms with Crippen LogP contribution in [0.15, 0.2) is 53.9 Å². The topological polar surface area (TPSA) is 60.7 Å². The Morgan fingerprint density at radius 3 is 2.50 bits per heavy atom. The molecule has 2 heterocycles. The van der Waals surface area contributed by atoms with E-state index in [-0.39, 0.29) is 0 Å². The van der Waals surface area contributed by atoms with Crippen LogP contribution in [0.3, 0.4) is 0 Å². The third-order valence-corrected chi connectivity index (χ3v) is 4.01. The van der Waals surface area contributed by atoms with E-state index in [9.17, 15) is 4.79 Å². The van der Waals surface area contributed by atoms with E-state index in [2.05, 4.69) is 15.2 Å². The molecule has 3 aromatic rings. The van der Waals surface area contributed by atoms with Gasteiger partial charge in [0.05, 0.1) is 5.75 Å². The minimum absolute atomic E-state index is 0.321. The third kappa shape index (κ3) is 3.03. The fourth-order valence-corrected chi connectivity index (χ4v) is 2.75. The number of benzene rings is 1. The minimum Gasteiger partial charge on any atom is -0.302 e. The van der Waals surface area contributed by atoms with Gasteiger partial charge in [0.15, 0.2) is 11.0 Å². The second kappa shape index (κ2) is 6.72. The van der Waals surface area contributed by atoms with E-state index in [1.807, 2.05) is 28.8 Å². The lowest BCUT2D eigenvalue weighted by Gasteiger charge is -2.09. The zero-order chi connectivity index (χ0) is 15.4. The highest BCUT2D eigenvalue weighted by Crippen LogP contribution is 2.27. The molecule has 0 aliphatic heterocycles. The lowest BCUT2D eigenvalue weighted by Crippen LogP contribution is -2.00. The summed E-state index contributed by atoms with van der Waals surface area (Å²) in [4.78, 5) is 14.7. The molecule has 0 aliphatic carbocycles. The number of halogens is 1. The van der Waals surface area contributed by atoms with Crippen molar-refractivity contribution in [1.82, 2.24) is 19.7 Å². The summed E-state index contributed by atoms with van der Waals surface area (Å²) in [7, 11) is 0. The van der Waals surface area contributed by atoms with E-state index >= 15 is 0 Å². The molecule has 5 nitrogen and oxygen atoms in total. The molecule has 0 bridgehead atoms. The van der Waals surface area contributed by atoms with Crippen molar-refractivity contribution in [3.63, 3.8) is 0 Å².